The van der Waals surface area contributed by atoms with Gasteiger partial charge in [-0.1, -0.05) is 6.07 Å². The topological polar surface area (TPSA) is 49.6 Å². The molecule has 0 unspecified atom stereocenters. The minimum absolute atomic E-state index is 0.409. The first-order valence-corrected chi connectivity index (χ1v) is 4.18. The molecule has 0 aromatic carbocycles. The Bertz CT molecular complexity index is 471. The average molecular weight is 181 g/mol. The number of nitrogens with zero attached hydrogens (tertiary/aromatic N) is 3. The van der Waals surface area contributed by atoms with Crippen LogP contribution in [-0.4, -0.2) is 9.97 Å². The van der Waals surface area contributed by atoms with Crippen LogP contribution < -0.4 is 0 Å². The molecule has 3 nitrogen and oxygen atoms in total. The molecule has 3 heteroatoms. The second-order valence-electron chi connectivity index (χ2n) is 2.73. The summed E-state index contributed by atoms with van der Waals surface area (Å²) in [5.41, 5.74) is 1.96. The zero-order chi connectivity index (χ0) is 9.80. The molecule has 2 aromatic rings. The highest BCUT2D eigenvalue weighted by Crippen LogP contribution is 2.18. The lowest BCUT2D eigenvalue weighted by molar-refractivity contribution is 1.24. The Labute approximate surface area is 81.7 Å². The van der Waals surface area contributed by atoms with Gasteiger partial charge in [0.15, 0.2) is 0 Å². The standard InChI is InChI=1S/C11H7N3/c12-8-11-9(4-3-7-14-11)10-5-1-2-6-13-10/h1-7H. The molecule has 2 rings (SSSR count). The van der Waals surface area contributed by atoms with Crippen molar-refractivity contribution in [3.63, 3.8) is 0 Å². The van der Waals surface area contributed by atoms with Crippen LogP contribution in [0.2, 0.25) is 0 Å². The molecule has 0 aliphatic heterocycles. The van der Waals surface area contributed by atoms with Crippen LogP contribution in [0.25, 0.3) is 11.3 Å². The number of pyridine rings is 2. The third-order valence-electron chi connectivity index (χ3n) is 1.85. The Kier molecular flexibility index (Phi) is 2.20. The molecule has 2 aromatic heterocycles. The van der Waals surface area contributed by atoms with Crippen LogP contribution in [0.4, 0.5) is 0 Å². The zero-order valence-electron chi connectivity index (χ0n) is 7.38. The summed E-state index contributed by atoms with van der Waals surface area (Å²) in [6, 6.07) is 11.3. The summed E-state index contributed by atoms with van der Waals surface area (Å²) in [6.07, 6.45) is 3.30. The van der Waals surface area contributed by atoms with Gasteiger partial charge in [0.05, 0.1) is 5.69 Å². The molecule has 0 fully saturated rings. The van der Waals surface area contributed by atoms with E-state index in [1.807, 2.05) is 30.3 Å². The number of rotatable bonds is 1. The first-order chi connectivity index (χ1) is 6.92. The van der Waals surface area contributed by atoms with Gasteiger partial charge in [0.2, 0.25) is 0 Å². The largest absolute Gasteiger partial charge is 0.256 e. The Balaban J connectivity index is 2.58. The summed E-state index contributed by atoms with van der Waals surface area (Å²) < 4.78 is 0. The summed E-state index contributed by atoms with van der Waals surface area (Å²) >= 11 is 0. The molecular weight excluding hydrogens is 174 g/mol. The number of hydrogen-bond donors (Lipinski definition) is 0. The van der Waals surface area contributed by atoms with Crippen LogP contribution in [-0.2, 0) is 0 Å². The van der Waals surface area contributed by atoms with Crippen molar-refractivity contribution in [2.75, 3.05) is 0 Å². The van der Waals surface area contributed by atoms with Crippen molar-refractivity contribution in [3.05, 3.63) is 48.4 Å². The zero-order valence-corrected chi connectivity index (χ0v) is 7.38. The fourth-order valence-electron chi connectivity index (χ4n) is 1.22. The molecular formula is C11H7N3. The van der Waals surface area contributed by atoms with Crippen molar-refractivity contribution < 1.29 is 0 Å². The predicted octanol–water partition coefficient (Wildman–Crippen LogP) is 2.02. The second-order valence-corrected chi connectivity index (χ2v) is 2.73. The summed E-state index contributed by atoms with van der Waals surface area (Å²) in [7, 11) is 0. The molecule has 0 bridgehead atoms. The van der Waals surface area contributed by atoms with E-state index in [1.165, 1.54) is 0 Å². The first-order valence-electron chi connectivity index (χ1n) is 4.18. The SMILES string of the molecule is N#Cc1ncccc1-c1ccccn1. The molecule has 0 N–H and O–H groups in total. The van der Waals surface area contributed by atoms with Crippen LogP contribution in [0.3, 0.4) is 0 Å². The Morgan fingerprint density at radius 1 is 1.00 bits per heavy atom. The molecule has 0 radical (unpaired) electrons. The lowest BCUT2D eigenvalue weighted by Crippen LogP contribution is -1.89. The van der Waals surface area contributed by atoms with E-state index in [2.05, 4.69) is 9.97 Å². The van der Waals surface area contributed by atoms with Gasteiger partial charge in [-0.2, -0.15) is 5.26 Å². The molecule has 0 saturated carbocycles. The van der Waals surface area contributed by atoms with Crippen molar-refractivity contribution in [1.82, 2.24) is 9.97 Å². The van der Waals surface area contributed by atoms with Crippen molar-refractivity contribution in [2.45, 2.75) is 0 Å². The quantitative estimate of drug-likeness (QED) is 0.676. The third kappa shape index (κ3) is 1.46. The van der Waals surface area contributed by atoms with E-state index in [-0.39, 0.29) is 0 Å². The van der Waals surface area contributed by atoms with Gasteiger partial charge >= 0.3 is 0 Å². The molecule has 0 aliphatic rings. The van der Waals surface area contributed by atoms with E-state index in [1.54, 1.807) is 18.5 Å². The van der Waals surface area contributed by atoms with Crippen molar-refractivity contribution in [2.24, 2.45) is 0 Å². The van der Waals surface area contributed by atoms with E-state index in [9.17, 15) is 0 Å². The van der Waals surface area contributed by atoms with Gasteiger partial charge in [-0.15, -0.1) is 0 Å². The lowest BCUT2D eigenvalue weighted by atomic mass is 10.1. The lowest BCUT2D eigenvalue weighted by Gasteiger charge is -2.00. The van der Waals surface area contributed by atoms with Crippen LogP contribution in [0, 0.1) is 11.3 Å². The van der Waals surface area contributed by atoms with E-state index >= 15 is 0 Å². The highest BCUT2D eigenvalue weighted by atomic mass is 14.7. The highest BCUT2D eigenvalue weighted by Gasteiger charge is 2.04. The smallest absolute Gasteiger partial charge is 0.149 e. The molecule has 2 heterocycles. The summed E-state index contributed by atoms with van der Waals surface area (Å²) in [5, 5.41) is 8.84. The predicted molar refractivity (Wildman–Crippen MR) is 52.2 cm³/mol. The first kappa shape index (κ1) is 8.39. The average Bonchev–Trinajstić information content (AvgIpc) is 2.30. The van der Waals surface area contributed by atoms with Crippen LogP contribution in [0.1, 0.15) is 5.69 Å². The normalized spacial score (nSPS) is 9.36. The second kappa shape index (κ2) is 3.67. The summed E-state index contributed by atoms with van der Waals surface area (Å²) in [4.78, 5) is 8.14. The van der Waals surface area contributed by atoms with Gasteiger partial charge in [0.25, 0.3) is 0 Å². The van der Waals surface area contributed by atoms with Gasteiger partial charge in [-0.25, -0.2) is 4.98 Å². The number of nitriles is 1. The van der Waals surface area contributed by atoms with Gasteiger partial charge in [-0.3, -0.25) is 4.98 Å². The Morgan fingerprint density at radius 2 is 1.86 bits per heavy atom. The molecule has 0 saturated heterocycles. The summed E-state index contributed by atoms with van der Waals surface area (Å²) in [6.45, 7) is 0. The van der Waals surface area contributed by atoms with Crippen molar-refractivity contribution in [3.8, 4) is 17.3 Å². The molecule has 0 aliphatic carbocycles. The highest BCUT2D eigenvalue weighted by molar-refractivity contribution is 5.64. The number of hydrogen-bond acceptors (Lipinski definition) is 3. The molecule has 14 heavy (non-hydrogen) atoms. The van der Waals surface area contributed by atoms with Gasteiger partial charge in [0.1, 0.15) is 11.8 Å². The van der Waals surface area contributed by atoms with E-state index < -0.39 is 0 Å². The fourth-order valence-corrected chi connectivity index (χ4v) is 1.22. The van der Waals surface area contributed by atoms with E-state index in [0.717, 1.165) is 11.3 Å². The third-order valence-corrected chi connectivity index (χ3v) is 1.85. The van der Waals surface area contributed by atoms with E-state index in [4.69, 9.17) is 5.26 Å². The Hall–Kier alpha value is -2.21. The van der Waals surface area contributed by atoms with Gasteiger partial charge < -0.3 is 0 Å². The molecule has 0 atom stereocenters. The maximum atomic E-state index is 8.84. The van der Waals surface area contributed by atoms with Crippen LogP contribution >= 0.6 is 0 Å². The molecule has 0 spiro atoms. The molecule has 0 amide bonds. The summed E-state index contributed by atoms with van der Waals surface area (Å²) in [5.74, 6) is 0. The van der Waals surface area contributed by atoms with Crippen molar-refractivity contribution in [1.29, 1.82) is 5.26 Å². The van der Waals surface area contributed by atoms with Crippen LogP contribution in [0.15, 0.2) is 42.7 Å². The minimum Gasteiger partial charge on any atom is -0.256 e. The number of aromatic nitrogens is 2. The Morgan fingerprint density at radius 3 is 2.57 bits per heavy atom. The maximum absolute atomic E-state index is 8.84. The monoisotopic (exact) mass is 181 g/mol. The van der Waals surface area contributed by atoms with Crippen LogP contribution in [0.5, 0.6) is 0 Å². The fraction of sp³-hybridized carbons (Fsp3) is 0. The maximum Gasteiger partial charge on any atom is 0.149 e. The minimum atomic E-state index is 0.409. The molecule has 66 valence electrons. The van der Waals surface area contributed by atoms with Gasteiger partial charge in [0, 0.05) is 18.0 Å². The van der Waals surface area contributed by atoms with Crippen molar-refractivity contribution >= 4 is 0 Å². The van der Waals surface area contributed by atoms with E-state index in [0.29, 0.717) is 5.69 Å². The van der Waals surface area contributed by atoms with Gasteiger partial charge in [-0.05, 0) is 24.3 Å².